The maximum absolute atomic E-state index is 12.0. The van der Waals surface area contributed by atoms with Crippen molar-refractivity contribution in [3.05, 3.63) is 0 Å². The van der Waals surface area contributed by atoms with Gasteiger partial charge in [0, 0.05) is 19.1 Å². The van der Waals surface area contributed by atoms with Gasteiger partial charge in [0.15, 0.2) is 0 Å². The van der Waals surface area contributed by atoms with Crippen molar-refractivity contribution in [2.75, 3.05) is 26.8 Å². The molecule has 0 aliphatic carbocycles. The Morgan fingerprint density at radius 2 is 1.79 bits per heavy atom. The van der Waals surface area contributed by atoms with E-state index in [-0.39, 0.29) is 32.1 Å². The molecule has 0 aromatic heterocycles. The zero-order valence-corrected chi connectivity index (χ0v) is 14.0. The van der Waals surface area contributed by atoms with Gasteiger partial charge in [-0.05, 0) is 33.6 Å². The first-order valence-corrected chi connectivity index (χ1v) is 7.71. The van der Waals surface area contributed by atoms with Crippen molar-refractivity contribution >= 4 is 18.0 Å². The standard InChI is InChI=1S/C15H24N2O6.CH4/c1-15(2,3)23-14(20)16-7-5-10(6-8-16)17-11(18)9-22-12(17)13(19)21-4;/h10,12H,5-9H2,1-4H3;1H4/t12-;/m0./s1. The molecule has 2 rings (SSSR count). The summed E-state index contributed by atoms with van der Waals surface area (Å²) in [6.45, 7) is 6.27. The van der Waals surface area contributed by atoms with E-state index in [4.69, 9.17) is 9.47 Å². The Labute approximate surface area is 143 Å². The van der Waals surface area contributed by atoms with Gasteiger partial charge in [0.25, 0.3) is 5.91 Å². The van der Waals surface area contributed by atoms with Crippen LogP contribution in [0.25, 0.3) is 0 Å². The van der Waals surface area contributed by atoms with Crippen molar-refractivity contribution < 1.29 is 28.6 Å². The number of ether oxygens (including phenoxy) is 3. The van der Waals surface area contributed by atoms with Crippen LogP contribution in [0.1, 0.15) is 41.0 Å². The van der Waals surface area contributed by atoms with Crippen molar-refractivity contribution in [2.45, 2.75) is 58.9 Å². The zero-order valence-electron chi connectivity index (χ0n) is 14.0. The lowest BCUT2D eigenvalue weighted by Gasteiger charge is -2.38. The van der Waals surface area contributed by atoms with E-state index in [2.05, 4.69) is 4.74 Å². The number of methoxy groups -OCH3 is 1. The van der Waals surface area contributed by atoms with Crippen LogP contribution in [-0.2, 0) is 23.8 Å². The molecule has 2 aliphatic rings. The minimum Gasteiger partial charge on any atom is -0.466 e. The topological polar surface area (TPSA) is 85.4 Å². The Hall–Kier alpha value is -1.83. The largest absolute Gasteiger partial charge is 0.466 e. The minimum absolute atomic E-state index is 0. The fourth-order valence-electron chi connectivity index (χ4n) is 2.77. The third kappa shape index (κ3) is 4.59. The quantitative estimate of drug-likeness (QED) is 0.704. The number of hydrogen-bond donors (Lipinski definition) is 0. The third-order valence-electron chi connectivity index (χ3n) is 3.82. The predicted octanol–water partition coefficient (Wildman–Crippen LogP) is 1.38. The number of nitrogens with zero attached hydrogens (tertiary/aromatic N) is 2. The van der Waals surface area contributed by atoms with Crippen LogP contribution in [0.15, 0.2) is 0 Å². The number of esters is 1. The van der Waals surface area contributed by atoms with Crippen LogP contribution in [0, 0.1) is 0 Å². The average Bonchev–Trinajstić information content (AvgIpc) is 2.86. The Kier molecular flexibility index (Phi) is 6.59. The summed E-state index contributed by atoms with van der Waals surface area (Å²) in [6.07, 6.45) is -0.195. The van der Waals surface area contributed by atoms with Crippen LogP contribution < -0.4 is 0 Å². The van der Waals surface area contributed by atoms with E-state index in [0.717, 1.165) is 0 Å². The maximum atomic E-state index is 12.0. The molecular formula is C16H28N2O6. The summed E-state index contributed by atoms with van der Waals surface area (Å²) in [7, 11) is 1.26. The predicted molar refractivity (Wildman–Crippen MR) is 86.2 cm³/mol. The zero-order chi connectivity index (χ0) is 17.2. The molecule has 2 heterocycles. The molecule has 8 nitrogen and oxygen atoms in total. The van der Waals surface area contributed by atoms with Gasteiger partial charge in [0.2, 0.25) is 6.23 Å². The van der Waals surface area contributed by atoms with Crippen LogP contribution in [0.2, 0.25) is 0 Å². The number of rotatable bonds is 2. The van der Waals surface area contributed by atoms with E-state index in [0.29, 0.717) is 25.9 Å². The van der Waals surface area contributed by atoms with E-state index in [1.807, 2.05) is 20.8 Å². The van der Waals surface area contributed by atoms with E-state index < -0.39 is 17.8 Å². The Morgan fingerprint density at radius 3 is 2.29 bits per heavy atom. The van der Waals surface area contributed by atoms with Crippen molar-refractivity contribution in [2.24, 2.45) is 0 Å². The van der Waals surface area contributed by atoms with E-state index >= 15 is 0 Å². The van der Waals surface area contributed by atoms with Gasteiger partial charge in [-0.2, -0.15) is 0 Å². The molecule has 1 atom stereocenters. The van der Waals surface area contributed by atoms with Gasteiger partial charge in [-0.15, -0.1) is 0 Å². The van der Waals surface area contributed by atoms with Gasteiger partial charge in [-0.1, -0.05) is 7.43 Å². The highest BCUT2D eigenvalue weighted by atomic mass is 16.6. The summed E-state index contributed by atoms with van der Waals surface area (Å²) >= 11 is 0. The molecule has 0 aromatic rings. The summed E-state index contributed by atoms with van der Waals surface area (Å²) in [5.41, 5.74) is -0.539. The molecule has 0 saturated carbocycles. The SMILES string of the molecule is C.COC(=O)[C@@H]1OCC(=O)N1C1CCN(C(=O)OC(C)(C)C)CC1. The van der Waals surface area contributed by atoms with Gasteiger partial charge in [0.05, 0.1) is 7.11 Å². The fourth-order valence-corrected chi connectivity index (χ4v) is 2.77. The molecule has 24 heavy (non-hydrogen) atoms. The van der Waals surface area contributed by atoms with Gasteiger partial charge in [-0.25, -0.2) is 9.59 Å². The molecule has 2 saturated heterocycles. The number of carbonyl (C=O) groups excluding carboxylic acids is 3. The van der Waals surface area contributed by atoms with Crippen molar-refractivity contribution in [3.8, 4) is 0 Å². The van der Waals surface area contributed by atoms with Crippen LogP contribution in [0.5, 0.6) is 0 Å². The molecule has 8 heteroatoms. The van der Waals surface area contributed by atoms with Gasteiger partial charge in [-0.3, -0.25) is 4.79 Å². The summed E-state index contributed by atoms with van der Waals surface area (Å²) in [6, 6.07) is -0.146. The number of likely N-dealkylation sites (tertiary alicyclic amines) is 1. The molecule has 0 spiro atoms. The lowest BCUT2D eigenvalue weighted by Crippen LogP contribution is -2.52. The van der Waals surface area contributed by atoms with E-state index in [1.165, 1.54) is 12.0 Å². The normalized spacial score (nSPS) is 22.2. The van der Waals surface area contributed by atoms with Crippen molar-refractivity contribution in [1.29, 1.82) is 0 Å². The highest BCUT2D eigenvalue weighted by Crippen LogP contribution is 2.25. The monoisotopic (exact) mass is 344 g/mol. The summed E-state index contributed by atoms with van der Waals surface area (Å²) in [5, 5.41) is 0. The van der Waals surface area contributed by atoms with Crippen molar-refractivity contribution in [1.82, 2.24) is 9.80 Å². The molecule has 138 valence electrons. The summed E-state index contributed by atoms with van der Waals surface area (Å²) in [4.78, 5) is 38.8. The summed E-state index contributed by atoms with van der Waals surface area (Å²) < 4.78 is 15.2. The van der Waals surface area contributed by atoms with Crippen LogP contribution in [0.4, 0.5) is 4.79 Å². The van der Waals surface area contributed by atoms with E-state index in [9.17, 15) is 14.4 Å². The molecule has 2 aliphatic heterocycles. The molecule has 0 aromatic carbocycles. The molecular weight excluding hydrogens is 316 g/mol. The minimum atomic E-state index is -0.981. The second kappa shape index (κ2) is 7.83. The molecule has 0 N–H and O–H groups in total. The smallest absolute Gasteiger partial charge is 0.410 e. The van der Waals surface area contributed by atoms with Crippen LogP contribution in [-0.4, -0.2) is 72.4 Å². The Bertz CT molecular complexity index is 479. The second-order valence-corrected chi connectivity index (χ2v) is 6.69. The maximum Gasteiger partial charge on any atom is 0.410 e. The van der Waals surface area contributed by atoms with Crippen molar-refractivity contribution in [3.63, 3.8) is 0 Å². The Morgan fingerprint density at radius 1 is 1.21 bits per heavy atom. The fraction of sp³-hybridized carbons (Fsp3) is 0.812. The molecule has 0 radical (unpaired) electrons. The first-order valence-electron chi connectivity index (χ1n) is 7.71. The summed E-state index contributed by atoms with van der Waals surface area (Å²) in [5.74, 6) is -0.804. The van der Waals surface area contributed by atoms with Gasteiger partial charge >= 0.3 is 12.1 Å². The average molecular weight is 344 g/mol. The number of hydrogen-bond acceptors (Lipinski definition) is 6. The molecule has 2 amide bonds. The highest BCUT2D eigenvalue weighted by molar-refractivity contribution is 5.87. The Balaban J connectivity index is 0.00000288. The number of amides is 2. The van der Waals surface area contributed by atoms with Crippen LogP contribution in [0.3, 0.4) is 0 Å². The highest BCUT2D eigenvalue weighted by Gasteiger charge is 2.43. The third-order valence-corrected chi connectivity index (χ3v) is 3.82. The lowest BCUT2D eigenvalue weighted by atomic mass is 10.0. The number of piperidine rings is 1. The molecule has 2 fully saturated rings. The van der Waals surface area contributed by atoms with Gasteiger partial charge < -0.3 is 24.0 Å². The second-order valence-electron chi connectivity index (χ2n) is 6.69. The lowest BCUT2D eigenvalue weighted by molar-refractivity contribution is -0.162. The van der Waals surface area contributed by atoms with E-state index in [1.54, 1.807) is 4.90 Å². The number of carbonyl (C=O) groups is 3. The molecule has 0 unspecified atom stereocenters. The first kappa shape index (κ1) is 20.2. The molecule has 0 bridgehead atoms. The van der Waals surface area contributed by atoms with Crippen LogP contribution >= 0.6 is 0 Å². The van der Waals surface area contributed by atoms with Gasteiger partial charge in [0.1, 0.15) is 12.2 Å². The first-order chi connectivity index (χ1) is 10.7.